The lowest BCUT2D eigenvalue weighted by Gasteiger charge is -2.12. The number of aliphatic hydroxyl groups is 1. The number of aryl methyl sites for hydroxylation is 4. The zero-order valence-corrected chi connectivity index (χ0v) is 25.8. The van der Waals surface area contributed by atoms with Gasteiger partial charge in [0, 0.05) is 41.2 Å². The fraction of sp³-hybridized carbons (Fsp3) is 0.371. The van der Waals surface area contributed by atoms with Crippen LogP contribution in [0.3, 0.4) is 0 Å². The van der Waals surface area contributed by atoms with Crippen LogP contribution in [0.1, 0.15) is 65.6 Å². The minimum Gasteiger partial charge on any atom is -0.493 e. The largest absolute Gasteiger partial charge is 0.493 e. The molecule has 0 bridgehead atoms. The Morgan fingerprint density at radius 1 is 1.07 bits per heavy atom. The summed E-state index contributed by atoms with van der Waals surface area (Å²) in [4.78, 5) is 13.4. The molecule has 8 heteroatoms. The predicted molar refractivity (Wildman–Crippen MR) is 171 cm³/mol. The number of ether oxygens (including phenoxy) is 2. The van der Waals surface area contributed by atoms with Gasteiger partial charge in [-0.3, -0.25) is 4.68 Å². The van der Waals surface area contributed by atoms with Gasteiger partial charge in [-0.2, -0.15) is 5.10 Å². The summed E-state index contributed by atoms with van der Waals surface area (Å²) >= 11 is 6.97. The third kappa shape index (κ3) is 5.41. The summed E-state index contributed by atoms with van der Waals surface area (Å²) in [5.41, 5.74) is 6.84. The molecule has 0 saturated heterocycles. The highest BCUT2D eigenvalue weighted by Gasteiger charge is 2.29. The normalized spacial score (nSPS) is 13.3. The lowest BCUT2D eigenvalue weighted by molar-refractivity contribution is 0.0514. The van der Waals surface area contributed by atoms with Gasteiger partial charge in [-0.25, -0.2) is 4.79 Å². The lowest BCUT2D eigenvalue weighted by atomic mass is 9.96. The number of carbonyl (C=O) groups is 1. The molecule has 7 nitrogen and oxygen atoms in total. The Morgan fingerprint density at radius 3 is 2.72 bits per heavy atom. The summed E-state index contributed by atoms with van der Waals surface area (Å²) in [6.45, 7) is 5.30. The van der Waals surface area contributed by atoms with E-state index in [-0.39, 0.29) is 19.2 Å². The minimum atomic E-state index is -0.361. The predicted octanol–water partition coefficient (Wildman–Crippen LogP) is 7.56. The number of fused-ring (bicyclic) bond motifs is 3. The van der Waals surface area contributed by atoms with Gasteiger partial charge in [-0.05, 0) is 74.6 Å². The van der Waals surface area contributed by atoms with Crippen LogP contribution in [-0.4, -0.2) is 38.6 Å². The number of benzene rings is 3. The molecule has 0 radical (unpaired) electrons. The smallest absolute Gasteiger partial charge is 0.355 e. The summed E-state index contributed by atoms with van der Waals surface area (Å²) < 4.78 is 15.8. The number of carbonyl (C=O) groups excluding carboxylic acids is 1. The molecule has 0 saturated carbocycles. The number of nitrogens with zero attached hydrogens (tertiary/aromatic N) is 3. The van der Waals surface area contributed by atoms with E-state index in [1.54, 1.807) is 0 Å². The summed E-state index contributed by atoms with van der Waals surface area (Å²) in [6, 6.07) is 16.4. The van der Waals surface area contributed by atoms with Crippen LogP contribution in [0.25, 0.3) is 32.8 Å². The number of aromatic nitrogens is 3. The van der Waals surface area contributed by atoms with Crippen LogP contribution in [0.2, 0.25) is 5.02 Å². The Balaban J connectivity index is 1.41. The van der Waals surface area contributed by atoms with Gasteiger partial charge >= 0.3 is 5.97 Å². The van der Waals surface area contributed by atoms with Crippen molar-refractivity contribution in [1.82, 2.24) is 14.3 Å². The summed E-state index contributed by atoms with van der Waals surface area (Å²) in [6.07, 6.45) is 5.43. The van der Waals surface area contributed by atoms with Gasteiger partial charge < -0.3 is 19.1 Å². The van der Waals surface area contributed by atoms with Gasteiger partial charge in [0.1, 0.15) is 11.4 Å². The van der Waals surface area contributed by atoms with Crippen LogP contribution in [0, 0.1) is 6.92 Å². The van der Waals surface area contributed by atoms with E-state index in [0.717, 1.165) is 87.6 Å². The molecule has 43 heavy (non-hydrogen) atoms. The highest BCUT2D eigenvalue weighted by Crippen LogP contribution is 2.43. The van der Waals surface area contributed by atoms with Crippen molar-refractivity contribution in [2.75, 3.05) is 13.2 Å². The molecular weight excluding hydrogens is 562 g/mol. The first-order chi connectivity index (χ1) is 20.9. The molecule has 3 heterocycles. The number of esters is 1. The van der Waals surface area contributed by atoms with Crippen molar-refractivity contribution in [2.45, 2.75) is 65.5 Å². The first kappa shape index (κ1) is 29.3. The zero-order valence-electron chi connectivity index (χ0n) is 25.1. The van der Waals surface area contributed by atoms with Crippen LogP contribution in [0.5, 0.6) is 5.75 Å². The maximum Gasteiger partial charge on any atom is 0.355 e. The van der Waals surface area contributed by atoms with Crippen molar-refractivity contribution in [3.63, 3.8) is 0 Å². The van der Waals surface area contributed by atoms with Crippen LogP contribution in [-0.2, 0) is 37.8 Å². The molecule has 0 amide bonds. The highest BCUT2D eigenvalue weighted by atomic mass is 35.5. The second-order valence-corrected chi connectivity index (χ2v) is 11.7. The molecule has 5 aromatic rings. The highest BCUT2D eigenvalue weighted by molar-refractivity contribution is 6.35. The first-order valence-electron chi connectivity index (χ1n) is 15.2. The summed E-state index contributed by atoms with van der Waals surface area (Å²) in [7, 11) is 1.90. The fourth-order valence-electron chi connectivity index (χ4n) is 6.64. The number of halogens is 1. The lowest BCUT2D eigenvalue weighted by Crippen LogP contribution is -2.13. The minimum absolute atomic E-state index is 0.185. The average molecular weight is 600 g/mol. The Bertz CT molecular complexity index is 1820. The molecule has 1 aliphatic rings. The van der Waals surface area contributed by atoms with E-state index in [1.165, 1.54) is 0 Å². The summed E-state index contributed by atoms with van der Waals surface area (Å²) in [5.74, 6) is 0.506. The zero-order chi connectivity index (χ0) is 30.1. The van der Waals surface area contributed by atoms with Crippen molar-refractivity contribution in [3.8, 4) is 16.9 Å². The van der Waals surface area contributed by atoms with Crippen LogP contribution < -0.4 is 4.74 Å². The van der Waals surface area contributed by atoms with Gasteiger partial charge in [-0.1, -0.05) is 54.4 Å². The van der Waals surface area contributed by atoms with Gasteiger partial charge in [0.05, 0.1) is 36.1 Å². The number of rotatable bonds is 9. The Morgan fingerprint density at radius 2 is 1.91 bits per heavy atom. The molecule has 0 unspecified atom stereocenters. The molecular formula is C35H38ClN3O4. The second kappa shape index (κ2) is 12.4. The quantitative estimate of drug-likeness (QED) is 0.140. The van der Waals surface area contributed by atoms with E-state index < -0.39 is 0 Å². The molecule has 1 N–H and O–H groups in total. The van der Waals surface area contributed by atoms with Gasteiger partial charge in [-0.15, -0.1) is 0 Å². The van der Waals surface area contributed by atoms with Crippen LogP contribution in [0.15, 0.2) is 48.5 Å². The fourth-order valence-corrected chi connectivity index (χ4v) is 6.89. The van der Waals surface area contributed by atoms with Gasteiger partial charge in [0.25, 0.3) is 0 Å². The van der Waals surface area contributed by atoms with E-state index >= 15 is 0 Å². The molecule has 224 valence electrons. The third-order valence-corrected chi connectivity index (χ3v) is 8.80. The Kier molecular flexibility index (Phi) is 8.46. The second-order valence-electron chi connectivity index (χ2n) is 11.3. The maximum absolute atomic E-state index is 13.4. The molecule has 0 aliphatic carbocycles. The SMILES string of the molecule is CCOC(=O)c1c(CCCOc2cc(C)cc3ccccc23)c2ccc(Cl)c(-c3c(CO)nn4c3CCCCC4)c2n1C. The van der Waals surface area contributed by atoms with E-state index in [2.05, 4.69) is 31.2 Å². The van der Waals surface area contributed by atoms with E-state index in [0.29, 0.717) is 35.9 Å². The van der Waals surface area contributed by atoms with Crippen molar-refractivity contribution < 1.29 is 19.4 Å². The van der Waals surface area contributed by atoms with Crippen molar-refractivity contribution >= 4 is 39.2 Å². The summed E-state index contributed by atoms with van der Waals surface area (Å²) in [5, 5.41) is 18.9. The maximum atomic E-state index is 13.4. The number of hydrogen-bond acceptors (Lipinski definition) is 5. The first-order valence-corrected chi connectivity index (χ1v) is 15.6. The number of hydrogen-bond donors (Lipinski definition) is 1. The molecule has 0 fully saturated rings. The topological polar surface area (TPSA) is 78.5 Å². The van der Waals surface area contributed by atoms with Crippen molar-refractivity contribution in [3.05, 3.63) is 81.8 Å². The Labute approximate surface area is 257 Å². The van der Waals surface area contributed by atoms with E-state index in [9.17, 15) is 9.90 Å². The third-order valence-electron chi connectivity index (χ3n) is 8.49. The van der Waals surface area contributed by atoms with Gasteiger partial charge in [0.2, 0.25) is 0 Å². The molecule has 0 atom stereocenters. The van der Waals surface area contributed by atoms with E-state index in [4.69, 9.17) is 26.2 Å². The standard InChI is InChI=1S/C35H38ClN3O4/c1-4-42-35(41)34-25(13-10-18-43-30-20-22(2)19-23-11-7-8-12-24(23)30)26-15-16-27(36)31(33(26)38(34)3)32-28(21-40)37-39-17-9-5-6-14-29(32)39/h7-8,11-12,15-16,19-20,40H,4-6,9-10,13-14,17-18,21H2,1-3H3. The van der Waals surface area contributed by atoms with Crippen molar-refractivity contribution in [1.29, 1.82) is 0 Å². The van der Waals surface area contributed by atoms with Crippen molar-refractivity contribution in [2.24, 2.45) is 7.05 Å². The Hall–Kier alpha value is -3.81. The molecule has 1 aliphatic heterocycles. The molecule has 6 rings (SSSR count). The van der Waals surface area contributed by atoms with E-state index in [1.807, 2.05) is 47.5 Å². The molecule has 2 aromatic heterocycles. The monoisotopic (exact) mass is 599 g/mol. The van der Waals surface area contributed by atoms with Gasteiger partial charge in [0.15, 0.2) is 0 Å². The van der Waals surface area contributed by atoms with Crippen LogP contribution in [0.4, 0.5) is 0 Å². The number of aliphatic hydroxyl groups excluding tert-OH is 1. The average Bonchev–Trinajstić information content (AvgIpc) is 3.37. The van der Waals surface area contributed by atoms with Crippen LogP contribution >= 0.6 is 11.6 Å². The molecule has 0 spiro atoms. The molecule has 3 aromatic carbocycles.